The number of amides is 1. The molecule has 3 nitrogen and oxygen atoms in total. The second-order valence-electron chi connectivity index (χ2n) is 7.89. The van der Waals surface area contributed by atoms with Crippen LogP contribution in [0.3, 0.4) is 0 Å². The van der Waals surface area contributed by atoms with Crippen LogP contribution in [0.1, 0.15) is 65.2 Å². The number of benzene rings is 2. The lowest BCUT2D eigenvalue weighted by Gasteiger charge is -2.14. The van der Waals surface area contributed by atoms with Gasteiger partial charge < -0.3 is 5.32 Å². The van der Waals surface area contributed by atoms with Gasteiger partial charge in [0, 0.05) is 30.6 Å². The number of nitrogens with zero attached hydrogens (tertiary/aromatic N) is 1. The van der Waals surface area contributed by atoms with Crippen LogP contribution in [-0.4, -0.2) is 30.4 Å². The summed E-state index contributed by atoms with van der Waals surface area (Å²) < 4.78 is 0. The van der Waals surface area contributed by atoms with Gasteiger partial charge >= 0.3 is 0 Å². The van der Waals surface area contributed by atoms with Gasteiger partial charge in [0.15, 0.2) is 0 Å². The highest BCUT2D eigenvalue weighted by molar-refractivity contribution is 5.94. The van der Waals surface area contributed by atoms with E-state index in [4.69, 9.17) is 0 Å². The number of hydrogen-bond donors (Lipinski definition) is 1. The molecule has 0 bridgehead atoms. The van der Waals surface area contributed by atoms with E-state index in [2.05, 4.69) is 53.2 Å². The molecule has 1 heterocycles. The minimum absolute atomic E-state index is 0.0215. The Morgan fingerprint density at radius 2 is 1.79 bits per heavy atom. The minimum atomic E-state index is -0.0215. The van der Waals surface area contributed by atoms with Gasteiger partial charge in [-0.15, -0.1) is 0 Å². The number of likely N-dealkylation sites (tertiary alicyclic amines) is 1. The van der Waals surface area contributed by atoms with Crippen LogP contribution in [-0.2, 0) is 13.0 Å². The van der Waals surface area contributed by atoms with E-state index in [0.717, 1.165) is 36.9 Å². The van der Waals surface area contributed by atoms with Crippen LogP contribution in [0.25, 0.3) is 0 Å². The summed E-state index contributed by atoms with van der Waals surface area (Å²) in [7, 11) is 0. The highest BCUT2D eigenvalue weighted by Crippen LogP contribution is 2.14. The first-order valence-electron chi connectivity index (χ1n) is 10.8. The van der Waals surface area contributed by atoms with Gasteiger partial charge in [0.1, 0.15) is 0 Å². The summed E-state index contributed by atoms with van der Waals surface area (Å²) in [6.07, 6.45) is 5.46. The monoisotopic (exact) mass is 388 g/mol. The van der Waals surface area contributed by atoms with Gasteiger partial charge in [-0.3, -0.25) is 9.69 Å². The molecule has 0 radical (unpaired) electrons. The van der Waals surface area contributed by atoms with E-state index in [1.165, 1.54) is 37.1 Å². The van der Waals surface area contributed by atoms with Crippen molar-refractivity contribution in [2.45, 2.75) is 52.5 Å². The molecule has 152 valence electrons. The van der Waals surface area contributed by atoms with Gasteiger partial charge in [-0.2, -0.15) is 0 Å². The van der Waals surface area contributed by atoms with Crippen molar-refractivity contribution in [1.29, 1.82) is 0 Å². The van der Waals surface area contributed by atoms with Gasteiger partial charge in [-0.1, -0.05) is 43.0 Å². The lowest BCUT2D eigenvalue weighted by molar-refractivity contribution is 0.0954. The average Bonchev–Trinajstić information content (AvgIpc) is 3.23. The van der Waals surface area contributed by atoms with Crippen molar-refractivity contribution in [3.05, 3.63) is 70.3 Å². The zero-order valence-corrected chi connectivity index (χ0v) is 17.8. The Bertz CT molecular complexity index is 868. The summed E-state index contributed by atoms with van der Waals surface area (Å²) in [4.78, 5) is 15.0. The maximum Gasteiger partial charge on any atom is 0.251 e. The second kappa shape index (κ2) is 10.8. The Morgan fingerprint density at radius 1 is 1.07 bits per heavy atom. The standard InChI is InChI=1S/C26H32N2O/c1-3-4-5-8-24-13-14-25(19-21(24)2)26(29)27-16-15-22-9-11-23(12-10-22)20-28-17-6-7-18-28/h9-14,19H,3-4,6-7,15-18,20H2,1-2H3,(H,27,29). The molecule has 1 aliphatic heterocycles. The third-order valence-corrected chi connectivity index (χ3v) is 5.41. The zero-order valence-electron chi connectivity index (χ0n) is 17.8. The second-order valence-corrected chi connectivity index (χ2v) is 7.89. The number of hydrogen-bond acceptors (Lipinski definition) is 2. The maximum absolute atomic E-state index is 12.5. The summed E-state index contributed by atoms with van der Waals surface area (Å²) in [6, 6.07) is 14.6. The Balaban J connectivity index is 1.47. The van der Waals surface area contributed by atoms with Crippen LogP contribution in [0, 0.1) is 18.8 Å². The number of aryl methyl sites for hydroxylation is 1. The van der Waals surface area contributed by atoms with Gasteiger partial charge in [0.05, 0.1) is 0 Å². The molecule has 0 aliphatic carbocycles. The molecule has 29 heavy (non-hydrogen) atoms. The molecule has 1 fully saturated rings. The predicted octanol–water partition coefficient (Wildman–Crippen LogP) is 4.71. The van der Waals surface area contributed by atoms with Crippen LogP contribution in [0.15, 0.2) is 42.5 Å². The van der Waals surface area contributed by atoms with Gasteiger partial charge in [-0.05, 0) is 80.6 Å². The van der Waals surface area contributed by atoms with Crippen LogP contribution < -0.4 is 5.32 Å². The van der Waals surface area contributed by atoms with Crippen LogP contribution in [0.5, 0.6) is 0 Å². The van der Waals surface area contributed by atoms with Crippen molar-refractivity contribution in [3.63, 3.8) is 0 Å². The molecule has 0 spiro atoms. The molecule has 1 amide bonds. The predicted molar refractivity (Wildman–Crippen MR) is 120 cm³/mol. The molecule has 0 atom stereocenters. The molecule has 3 heteroatoms. The molecule has 2 aromatic carbocycles. The lowest BCUT2D eigenvalue weighted by atomic mass is 10.0. The number of carbonyl (C=O) groups is 1. The lowest BCUT2D eigenvalue weighted by Crippen LogP contribution is -2.25. The molecule has 3 rings (SSSR count). The third kappa shape index (κ3) is 6.48. The smallest absolute Gasteiger partial charge is 0.251 e. The van der Waals surface area contributed by atoms with Gasteiger partial charge in [0.2, 0.25) is 0 Å². The number of rotatable bonds is 7. The fraction of sp³-hybridized carbons (Fsp3) is 0.423. The summed E-state index contributed by atoms with van der Waals surface area (Å²) >= 11 is 0. The largest absolute Gasteiger partial charge is 0.352 e. The molecule has 1 N–H and O–H groups in total. The van der Waals surface area contributed by atoms with Crippen LogP contribution >= 0.6 is 0 Å². The van der Waals surface area contributed by atoms with Crippen molar-refractivity contribution in [3.8, 4) is 11.8 Å². The minimum Gasteiger partial charge on any atom is -0.352 e. The number of carbonyl (C=O) groups excluding carboxylic acids is 1. The molecule has 0 aromatic heterocycles. The summed E-state index contributed by atoms with van der Waals surface area (Å²) in [5.74, 6) is 6.33. The van der Waals surface area contributed by atoms with Crippen molar-refractivity contribution < 1.29 is 4.79 Å². The number of unbranched alkanes of at least 4 members (excludes halogenated alkanes) is 1. The topological polar surface area (TPSA) is 32.3 Å². The van der Waals surface area contributed by atoms with E-state index in [-0.39, 0.29) is 5.91 Å². The van der Waals surface area contributed by atoms with Crippen molar-refractivity contribution in [2.24, 2.45) is 0 Å². The molecule has 2 aromatic rings. The molecule has 1 aliphatic rings. The highest BCUT2D eigenvalue weighted by atomic mass is 16.1. The highest BCUT2D eigenvalue weighted by Gasteiger charge is 2.11. The summed E-state index contributed by atoms with van der Waals surface area (Å²) in [5, 5.41) is 3.04. The first-order chi connectivity index (χ1) is 14.2. The maximum atomic E-state index is 12.5. The van der Waals surface area contributed by atoms with E-state index < -0.39 is 0 Å². The molecule has 0 unspecified atom stereocenters. The first kappa shape index (κ1) is 21.1. The Kier molecular flexibility index (Phi) is 7.90. The summed E-state index contributed by atoms with van der Waals surface area (Å²) in [5.41, 5.74) is 5.38. The van der Waals surface area contributed by atoms with Gasteiger partial charge in [-0.25, -0.2) is 0 Å². The van der Waals surface area contributed by atoms with E-state index in [1.807, 2.05) is 25.1 Å². The fourth-order valence-corrected chi connectivity index (χ4v) is 3.66. The molecule has 0 saturated carbocycles. The van der Waals surface area contributed by atoms with E-state index in [0.29, 0.717) is 12.1 Å². The van der Waals surface area contributed by atoms with E-state index >= 15 is 0 Å². The van der Waals surface area contributed by atoms with Crippen molar-refractivity contribution in [1.82, 2.24) is 10.2 Å². The Hall–Kier alpha value is -2.57. The third-order valence-electron chi connectivity index (χ3n) is 5.41. The summed E-state index contributed by atoms with van der Waals surface area (Å²) in [6.45, 7) is 8.27. The molecular formula is C26H32N2O. The molecular weight excluding hydrogens is 356 g/mol. The Morgan fingerprint density at radius 3 is 2.48 bits per heavy atom. The van der Waals surface area contributed by atoms with Crippen LogP contribution in [0.2, 0.25) is 0 Å². The average molecular weight is 389 g/mol. The number of nitrogens with one attached hydrogen (secondary N) is 1. The Labute approximate surface area is 175 Å². The quantitative estimate of drug-likeness (QED) is 0.697. The SMILES string of the molecule is CCCC#Cc1ccc(C(=O)NCCc2ccc(CN3CCCC3)cc2)cc1C. The van der Waals surface area contributed by atoms with Crippen LogP contribution in [0.4, 0.5) is 0 Å². The molecule has 1 saturated heterocycles. The van der Waals surface area contributed by atoms with Gasteiger partial charge in [0.25, 0.3) is 5.91 Å². The fourth-order valence-electron chi connectivity index (χ4n) is 3.66. The van der Waals surface area contributed by atoms with Crippen molar-refractivity contribution in [2.75, 3.05) is 19.6 Å². The van der Waals surface area contributed by atoms with E-state index in [9.17, 15) is 4.79 Å². The van der Waals surface area contributed by atoms with Crippen molar-refractivity contribution >= 4 is 5.91 Å². The van der Waals surface area contributed by atoms with E-state index in [1.54, 1.807) is 0 Å². The first-order valence-corrected chi connectivity index (χ1v) is 10.8. The normalized spacial score (nSPS) is 13.7. The zero-order chi connectivity index (χ0) is 20.5.